The maximum absolute atomic E-state index is 14.0. The smallest absolute Gasteiger partial charge is 0.360 e. The number of carbonyl (C=O) groups excluding carboxylic acids is 2. The summed E-state index contributed by atoms with van der Waals surface area (Å²) in [6.45, 7) is -0.601. The van der Waals surface area contributed by atoms with E-state index in [4.69, 9.17) is 5.90 Å². The number of halogens is 5. The van der Waals surface area contributed by atoms with Crippen LogP contribution in [0, 0.1) is 29.1 Å². The Balaban J connectivity index is 1.55. The van der Waals surface area contributed by atoms with Crippen LogP contribution in [0.15, 0.2) is 47.4 Å². The molecule has 0 saturated heterocycles. The number of carbonyl (C=O) groups is 2. The number of phenolic OH excluding ortho intramolecular Hbond substituents is 1. The molecule has 1 saturated carbocycles. The number of phenols is 1. The summed E-state index contributed by atoms with van der Waals surface area (Å²) in [5.74, 6) is -7.43. The van der Waals surface area contributed by atoms with Crippen LogP contribution < -0.4 is 15.5 Å². The van der Waals surface area contributed by atoms with E-state index >= 15 is 0 Å². The van der Waals surface area contributed by atoms with E-state index in [0.717, 1.165) is 24.5 Å². The molecule has 0 aliphatic heterocycles. The first-order valence-corrected chi connectivity index (χ1v) is 13.5. The minimum Gasteiger partial charge on any atom is -0.507 e. The maximum Gasteiger partial charge on any atom is 0.360 e. The lowest BCUT2D eigenvalue weighted by Crippen LogP contribution is -2.36. The molecule has 0 unspecified atom stereocenters. The average molecular weight is 596 g/mol. The predicted octanol–water partition coefficient (Wildman–Crippen LogP) is 6.00. The van der Waals surface area contributed by atoms with Crippen LogP contribution in [0.4, 0.5) is 27.6 Å². The summed E-state index contributed by atoms with van der Waals surface area (Å²) < 4.78 is 70.8. The van der Waals surface area contributed by atoms with Crippen LogP contribution in [-0.2, 0) is 16.2 Å². The predicted molar refractivity (Wildman–Crippen MR) is 141 cm³/mol. The molecule has 0 heterocycles. The fourth-order valence-corrected chi connectivity index (χ4v) is 5.40. The summed E-state index contributed by atoms with van der Waals surface area (Å²) in [5.41, 5.74) is 1.81. The third-order valence-corrected chi connectivity index (χ3v) is 7.74. The lowest BCUT2D eigenvalue weighted by atomic mass is 9.84. The van der Waals surface area contributed by atoms with Gasteiger partial charge in [-0.15, -0.1) is 0 Å². The number of rotatable bonds is 9. The molecule has 41 heavy (non-hydrogen) atoms. The Hall–Kier alpha value is -3.68. The molecule has 0 radical (unpaired) electrons. The van der Waals surface area contributed by atoms with Crippen LogP contribution in [0.2, 0.25) is 0 Å². The van der Waals surface area contributed by atoms with Gasteiger partial charge in [0.25, 0.3) is 0 Å². The molecule has 0 spiro atoms. The summed E-state index contributed by atoms with van der Waals surface area (Å²) >= 11 is 0.0695. The van der Waals surface area contributed by atoms with Crippen LogP contribution >= 0.6 is 11.9 Å². The Morgan fingerprint density at radius 2 is 1.54 bits per heavy atom. The molecule has 1 aliphatic rings. The summed E-state index contributed by atoms with van der Waals surface area (Å²) in [6.07, 6.45) is 5.77. The van der Waals surface area contributed by atoms with Crippen molar-refractivity contribution >= 4 is 29.5 Å². The van der Waals surface area contributed by atoms with Gasteiger partial charge in [-0.05, 0) is 54.0 Å². The van der Waals surface area contributed by atoms with Crippen molar-refractivity contribution in [2.75, 3.05) is 11.4 Å². The van der Waals surface area contributed by atoms with Gasteiger partial charge in [-0.25, -0.2) is 26.7 Å². The molecule has 13 heteroatoms. The molecular formula is C28H26F5N3O4S. The van der Waals surface area contributed by atoms with Crippen molar-refractivity contribution in [2.24, 2.45) is 5.90 Å². The van der Waals surface area contributed by atoms with Crippen molar-refractivity contribution in [1.82, 2.24) is 4.72 Å². The van der Waals surface area contributed by atoms with Crippen molar-refractivity contribution in [1.29, 1.82) is 0 Å². The van der Waals surface area contributed by atoms with Crippen LogP contribution in [0.5, 0.6) is 5.75 Å². The molecule has 1 aliphatic carbocycles. The SMILES string of the molecule is NOC(=O)c1ccc(N(Cc2ccc(C3CCCCC3)cc2)C(=O)CNSc2c(F)c(F)c(F)c(F)c2F)cc1O. The molecule has 7 nitrogen and oxygen atoms in total. The van der Waals surface area contributed by atoms with Gasteiger partial charge < -0.3 is 14.8 Å². The van der Waals surface area contributed by atoms with Crippen molar-refractivity contribution in [3.8, 4) is 5.75 Å². The van der Waals surface area contributed by atoms with Crippen molar-refractivity contribution in [3.05, 3.63) is 88.2 Å². The molecular weight excluding hydrogens is 569 g/mol. The van der Waals surface area contributed by atoms with E-state index in [1.807, 2.05) is 24.3 Å². The first-order valence-electron chi connectivity index (χ1n) is 12.7. The summed E-state index contributed by atoms with van der Waals surface area (Å²) in [7, 11) is 0. The second-order valence-corrected chi connectivity index (χ2v) is 10.4. The highest BCUT2D eigenvalue weighted by atomic mass is 32.2. The molecule has 0 atom stereocenters. The monoisotopic (exact) mass is 595 g/mol. The Bertz CT molecular complexity index is 1410. The first-order chi connectivity index (χ1) is 19.6. The van der Waals surface area contributed by atoms with Crippen molar-refractivity contribution in [2.45, 2.75) is 49.5 Å². The number of benzene rings is 3. The Morgan fingerprint density at radius 3 is 2.12 bits per heavy atom. The summed E-state index contributed by atoms with van der Waals surface area (Å²) in [5, 5.41) is 10.3. The lowest BCUT2D eigenvalue weighted by Gasteiger charge is -2.25. The zero-order chi connectivity index (χ0) is 29.7. The van der Waals surface area contributed by atoms with Gasteiger partial charge >= 0.3 is 5.97 Å². The van der Waals surface area contributed by atoms with E-state index in [-0.39, 0.29) is 29.7 Å². The zero-order valence-corrected chi connectivity index (χ0v) is 22.4. The van der Waals surface area contributed by atoms with Gasteiger partial charge in [-0.3, -0.25) is 9.52 Å². The van der Waals surface area contributed by atoms with Crippen LogP contribution in [-0.4, -0.2) is 23.5 Å². The van der Waals surface area contributed by atoms with Crippen molar-refractivity contribution in [3.63, 3.8) is 0 Å². The second kappa shape index (κ2) is 13.3. The number of hydrogen-bond acceptors (Lipinski definition) is 7. The van der Waals surface area contributed by atoms with Gasteiger partial charge in [0.2, 0.25) is 11.7 Å². The van der Waals surface area contributed by atoms with E-state index in [1.165, 1.54) is 41.9 Å². The van der Waals surface area contributed by atoms with E-state index < -0.39 is 58.2 Å². The number of nitrogens with one attached hydrogen (secondary N) is 1. The van der Waals surface area contributed by atoms with Crippen LogP contribution in [0.3, 0.4) is 0 Å². The van der Waals surface area contributed by atoms with E-state index in [0.29, 0.717) is 5.92 Å². The topological polar surface area (TPSA) is 105 Å². The normalized spacial score (nSPS) is 13.7. The molecule has 1 fully saturated rings. The van der Waals surface area contributed by atoms with Crippen molar-refractivity contribution < 1.29 is 41.5 Å². The standard InChI is InChI=1S/C28H26F5N3O4S/c29-22-23(30)25(32)27(26(33)24(22)31)41-35-13-21(38)36(18-10-11-19(20(37)12-18)28(39)40-34)14-15-6-8-17(9-7-15)16-4-2-1-3-5-16/h6-12,16,35,37H,1-5,13-14,34H2. The molecule has 3 aromatic carbocycles. The van der Waals surface area contributed by atoms with Gasteiger partial charge in [0.15, 0.2) is 23.3 Å². The van der Waals surface area contributed by atoms with Gasteiger partial charge in [0.1, 0.15) is 16.2 Å². The number of aromatic hydroxyl groups is 1. The molecule has 4 rings (SSSR count). The molecule has 0 aromatic heterocycles. The van der Waals surface area contributed by atoms with Crippen LogP contribution in [0.25, 0.3) is 0 Å². The number of amides is 1. The third-order valence-electron chi connectivity index (χ3n) is 6.89. The first kappa shape index (κ1) is 30.3. The minimum absolute atomic E-state index is 0.00121. The minimum atomic E-state index is -2.29. The van der Waals surface area contributed by atoms with Gasteiger partial charge in [0.05, 0.1) is 13.1 Å². The van der Waals surface area contributed by atoms with E-state index in [9.17, 15) is 36.6 Å². The molecule has 218 valence electrons. The Kier molecular flexibility index (Phi) is 9.84. The molecule has 0 bridgehead atoms. The quantitative estimate of drug-likeness (QED) is 0.0917. The average Bonchev–Trinajstić information content (AvgIpc) is 2.99. The molecule has 1 amide bonds. The molecule has 3 aromatic rings. The number of nitrogens with zero attached hydrogens (tertiary/aromatic N) is 1. The Labute approximate surface area is 236 Å². The highest BCUT2D eigenvalue weighted by Crippen LogP contribution is 2.33. The highest BCUT2D eigenvalue weighted by molar-refractivity contribution is 7.97. The summed E-state index contributed by atoms with van der Waals surface area (Å²) in [6, 6.07) is 11.4. The largest absolute Gasteiger partial charge is 0.507 e. The fourth-order valence-electron chi connectivity index (χ4n) is 4.70. The summed E-state index contributed by atoms with van der Waals surface area (Å²) in [4.78, 5) is 29.2. The maximum atomic E-state index is 14.0. The number of hydrogen-bond donors (Lipinski definition) is 3. The highest BCUT2D eigenvalue weighted by Gasteiger charge is 2.27. The number of nitrogens with two attached hydrogens (primary N) is 1. The zero-order valence-electron chi connectivity index (χ0n) is 21.6. The fraction of sp³-hybridized carbons (Fsp3) is 0.286. The van der Waals surface area contributed by atoms with Gasteiger partial charge in [-0.1, -0.05) is 43.5 Å². The third kappa shape index (κ3) is 6.80. The lowest BCUT2D eigenvalue weighted by molar-refractivity contribution is -0.117. The van der Waals surface area contributed by atoms with E-state index in [2.05, 4.69) is 9.56 Å². The van der Waals surface area contributed by atoms with Crippen LogP contribution in [0.1, 0.15) is 59.5 Å². The molecule has 4 N–H and O–H groups in total. The Morgan fingerprint density at radius 1 is 0.927 bits per heavy atom. The number of anilines is 1. The second-order valence-electron chi connectivity index (χ2n) is 9.49. The van der Waals surface area contributed by atoms with Gasteiger partial charge in [-0.2, -0.15) is 5.90 Å². The van der Waals surface area contributed by atoms with Gasteiger partial charge in [0, 0.05) is 11.8 Å². The van der Waals surface area contributed by atoms with E-state index in [1.54, 1.807) is 0 Å².